The number of amides is 1. The first-order valence-corrected chi connectivity index (χ1v) is 5.26. The van der Waals surface area contributed by atoms with E-state index in [1.807, 2.05) is 30.3 Å². The van der Waals surface area contributed by atoms with Crippen molar-refractivity contribution in [3.05, 3.63) is 41.6 Å². The highest BCUT2D eigenvalue weighted by Crippen LogP contribution is 2.29. The minimum Gasteiger partial charge on any atom is -0.298 e. The van der Waals surface area contributed by atoms with E-state index in [2.05, 4.69) is 6.07 Å². The third-order valence-corrected chi connectivity index (χ3v) is 2.70. The molecule has 1 atom stereocenters. The van der Waals surface area contributed by atoms with Gasteiger partial charge in [0.2, 0.25) is 5.91 Å². The fourth-order valence-electron chi connectivity index (χ4n) is 1.85. The van der Waals surface area contributed by atoms with E-state index in [1.165, 1.54) is 4.90 Å². The number of nitrogens with zero attached hydrogens (tertiary/aromatic N) is 2. The molecule has 3 heteroatoms. The van der Waals surface area contributed by atoms with Crippen LogP contribution in [-0.2, 0) is 4.79 Å². The van der Waals surface area contributed by atoms with Crippen molar-refractivity contribution in [3.8, 4) is 6.07 Å². The van der Waals surface area contributed by atoms with Crippen LogP contribution >= 0.6 is 0 Å². The molecule has 1 aromatic carbocycles. The fraction of sp³-hybridized carbons (Fsp3) is 0.231. The Morgan fingerprint density at radius 1 is 1.50 bits per heavy atom. The van der Waals surface area contributed by atoms with Gasteiger partial charge in [0.25, 0.3) is 0 Å². The Morgan fingerprint density at radius 2 is 2.25 bits per heavy atom. The smallest absolute Gasteiger partial charge is 0.227 e. The lowest BCUT2D eigenvalue weighted by Crippen LogP contribution is -2.31. The van der Waals surface area contributed by atoms with Crippen molar-refractivity contribution in [2.45, 2.75) is 19.4 Å². The van der Waals surface area contributed by atoms with Gasteiger partial charge in [-0.15, -0.1) is 0 Å². The Bertz CT molecular complexity index is 485. The van der Waals surface area contributed by atoms with Gasteiger partial charge in [0.1, 0.15) is 6.04 Å². The van der Waals surface area contributed by atoms with Gasteiger partial charge in [-0.25, -0.2) is 0 Å². The van der Waals surface area contributed by atoms with E-state index in [0.717, 1.165) is 11.1 Å². The van der Waals surface area contributed by atoms with Crippen LogP contribution in [-0.4, -0.2) is 10.8 Å². The summed E-state index contributed by atoms with van der Waals surface area (Å²) < 4.78 is 0. The van der Waals surface area contributed by atoms with E-state index in [-0.39, 0.29) is 5.91 Å². The molecule has 0 saturated heterocycles. The van der Waals surface area contributed by atoms with Crippen LogP contribution in [0.5, 0.6) is 0 Å². The molecule has 0 fully saturated rings. The summed E-state index contributed by atoms with van der Waals surface area (Å²) in [6, 6.07) is 9.34. The number of carbonyl (C=O) groups excluding carboxylic acids is 1. The van der Waals surface area contributed by atoms with Crippen molar-refractivity contribution in [1.29, 1.82) is 5.26 Å². The lowest BCUT2D eigenvalue weighted by molar-refractivity contribution is -0.129. The molecule has 2 rings (SSSR count). The molecule has 0 radical (unpaired) electrons. The van der Waals surface area contributed by atoms with Crippen molar-refractivity contribution in [2.24, 2.45) is 0 Å². The third kappa shape index (κ3) is 1.59. The molecule has 1 amide bonds. The second-order valence-corrected chi connectivity index (χ2v) is 3.63. The van der Waals surface area contributed by atoms with E-state index < -0.39 is 6.04 Å². The molecule has 1 aliphatic rings. The summed E-state index contributed by atoms with van der Waals surface area (Å²) >= 11 is 0. The van der Waals surface area contributed by atoms with Gasteiger partial charge in [-0.05, 0) is 17.2 Å². The molecule has 0 aromatic heterocycles. The van der Waals surface area contributed by atoms with Gasteiger partial charge in [-0.2, -0.15) is 5.26 Å². The predicted molar refractivity (Wildman–Crippen MR) is 61.0 cm³/mol. The van der Waals surface area contributed by atoms with Crippen LogP contribution in [0.4, 0.5) is 0 Å². The number of fused-ring (bicyclic) bond motifs is 1. The van der Waals surface area contributed by atoms with Crippen LogP contribution in [0, 0.1) is 11.3 Å². The molecule has 0 aliphatic carbocycles. The molecule has 1 aromatic rings. The number of benzene rings is 1. The van der Waals surface area contributed by atoms with Crippen LogP contribution in [0.25, 0.3) is 6.08 Å². The molecule has 1 aliphatic heterocycles. The summed E-state index contributed by atoms with van der Waals surface area (Å²) in [7, 11) is 0. The summed E-state index contributed by atoms with van der Waals surface area (Å²) in [4.78, 5) is 13.2. The average Bonchev–Trinajstić information content (AvgIpc) is 2.36. The highest BCUT2D eigenvalue weighted by molar-refractivity contribution is 5.80. The lowest BCUT2D eigenvalue weighted by atomic mass is 9.97. The van der Waals surface area contributed by atoms with Crippen molar-refractivity contribution >= 4 is 12.0 Å². The molecule has 1 heterocycles. The van der Waals surface area contributed by atoms with Gasteiger partial charge in [-0.3, -0.25) is 9.69 Å². The second-order valence-electron chi connectivity index (χ2n) is 3.63. The maximum absolute atomic E-state index is 11.7. The summed E-state index contributed by atoms with van der Waals surface area (Å²) in [5, 5.41) is 9.17. The minimum atomic E-state index is -0.492. The first-order chi connectivity index (χ1) is 7.77. The molecular weight excluding hydrogens is 200 g/mol. The van der Waals surface area contributed by atoms with Crippen LogP contribution in [0.15, 0.2) is 30.5 Å². The number of rotatable bonds is 1. The zero-order valence-electron chi connectivity index (χ0n) is 9.05. The normalized spacial score (nSPS) is 17.8. The SMILES string of the molecule is CCC(=O)N1C=Cc2ccccc2C1C#N. The van der Waals surface area contributed by atoms with Crippen molar-refractivity contribution in [3.63, 3.8) is 0 Å². The van der Waals surface area contributed by atoms with E-state index in [1.54, 1.807) is 13.1 Å². The largest absolute Gasteiger partial charge is 0.298 e. The van der Waals surface area contributed by atoms with Crippen molar-refractivity contribution in [1.82, 2.24) is 4.90 Å². The highest BCUT2D eigenvalue weighted by atomic mass is 16.2. The van der Waals surface area contributed by atoms with Gasteiger partial charge in [0, 0.05) is 12.6 Å². The van der Waals surface area contributed by atoms with Crippen molar-refractivity contribution in [2.75, 3.05) is 0 Å². The molecule has 0 saturated carbocycles. The Labute approximate surface area is 94.6 Å². The standard InChI is InChI=1S/C13H12N2O/c1-2-13(16)15-8-7-10-5-3-4-6-11(10)12(15)9-14/h3-8,12H,2H2,1H3. The monoisotopic (exact) mass is 212 g/mol. The number of nitriles is 1. The summed E-state index contributed by atoms with van der Waals surface area (Å²) in [6.45, 7) is 1.80. The first kappa shape index (κ1) is 10.4. The van der Waals surface area contributed by atoms with E-state index >= 15 is 0 Å². The van der Waals surface area contributed by atoms with Crippen LogP contribution in [0.3, 0.4) is 0 Å². The summed E-state index contributed by atoms with van der Waals surface area (Å²) in [6.07, 6.45) is 3.98. The topological polar surface area (TPSA) is 44.1 Å². The summed E-state index contributed by atoms with van der Waals surface area (Å²) in [5.74, 6) is -0.0303. The van der Waals surface area contributed by atoms with Gasteiger partial charge in [-0.1, -0.05) is 31.2 Å². The summed E-state index contributed by atoms with van der Waals surface area (Å²) in [5.41, 5.74) is 1.91. The quantitative estimate of drug-likeness (QED) is 0.717. The number of hydrogen-bond acceptors (Lipinski definition) is 2. The zero-order chi connectivity index (χ0) is 11.5. The Balaban J connectivity index is 2.45. The molecule has 0 bridgehead atoms. The molecule has 1 unspecified atom stereocenters. The number of hydrogen-bond donors (Lipinski definition) is 0. The maximum Gasteiger partial charge on any atom is 0.227 e. The minimum absolute atomic E-state index is 0.0303. The highest BCUT2D eigenvalue weighted by Gasteiger charge is 2.26. The molecule has 80 valence electrons. The second kappa shape index (κ2) is 4.19. The predicted octanol–water partition coefficient (Wildman–Crippen LogP) is 2.47. The molecule has 16 heavy (non-hydrogen) atoms. The zero-order valence-corrected chi connectivity index (χ0v) is 9.05. The molecule has 0 spiro atoms. The van der Waals surface area contributed by atoms with Gasteiger partial charge < -0.3 is 0 Å². The third-order valence-electron chi connectivity index (χ3n) is 2.70. The first-order valence-electron chi connectivity index (χ1n) is 5.26. The molecular formula is C13H12N2O. The fourth-order valence-corrected chi connectivity index (χ4v) is 1.85. The van der Waals surface area contributed by atoms with Crippen molar-refractivity contribution < 1.29 is 4.79 Å². The van der Waals surface area contributed by atoms with E-state index in [9.17, 15) is 10.1 Å². The average molecular weight is 212 g/mol. The van der Waals surface area contributed by atoms with Gasteiger partial charge >= 0.3 is 0 Å². The molecule has 3 nitrogen and oxygen atoms in total. The Morgan fingerprint density at radius 3 is 2.94 bits per heavy atom. The van der Waals surface area contributed by atoms with Crippen LogP contribution in [0.2, 0.25) is 0 Å². The van der Waals surface area contributed by atoms with Crippen LogP contribution < -0.4 is 0 Å². The van der Waals surface area contributed by atoms with E-state index in [4.69, 9.17) is 0 Å². The van der Waals surface area contributed by atoms with E-state index in [0.29, 0.717) is 6.42 Å². The number of carbonyl (C=O) groups is 1. The van der Waals surface area contributed by atoms with Crippen LogP contribution in [0.1, 0.15) is 30.5 Å². The van der Waals surface area contributed by atoms with Gasteiger partial charge in [0.15, 0.2) is 0 Å². The Hall–Kier alpha value is -2.08. The Kier molecular flexibility index (Phi) is 2.74. The maximum atomic E-state index is 11.7. The van der Waals surface area contributed by atoms with Gasteiger partial charge in [0.05, 0.1) is 6.07 Å². The molecule has 0 N–H and O–H groups in total. The lowest BCUT2D eigenvalue weighted by Gasteiger charge is -2.28.